The highest BCUT2D eigenvalue weighted by atomic mass is 35.5. The summed E-state index contributed by atoms with van der Waals surface area (Å²) in [4.78, 5) is 26.3. The molecule has 0 radical (unpaired) electrons. The Kier molecular flexibility index (Phi) is 6.09. The summed E-state index contributed by atoms with van der Waals surface area (Å²) in [5, 5.41) is 8.42. The van der Waals surface area contributed by atoms with Gasteiger partial charge in [0.1, 0.15) is 11.5 Å². The highest BCUT2D eigenvalue weighted by Gasteiger charge is 2.19. The van der Waals surface area contributed by atoms with Gasteiger partial charge in [-0.25, -0.2) is 4.68 Å². The molecule has 1 aromatic heterocycles. The maximum absolute atomic E-state index is 13.3. The van der Waals surface area contributed by atoms with Crippen molar-refractivity contribution in [1.82, 2.24) is 9.78 Å². The summed E-state index contributed by atoms with van der Waals surface area (Å²) in [5.41, 5.74) is 1.11. The summed E-state index contributed by atoms with van der Waals surface area (Å²) >= 11 is 6.16. The highest BCUT2D eigenvalue weighted by Crippen LogP contribution is 2.36. The monoisotopic (exact) mass is 449 g/mol. The summed E-state index contributed by atoms with van der Waals surface area (Å²) in [6.45, 7) is 0.239. The van der Waals surface area contributed by atoms with Crippen molar-refractivity contribution in [2.45, 2.75) is 6.54 Å². The van der Waals surface area contributed by atoms with Crippen molar-refractivity contribution in [3.8, 4) is 11.5 Å². The van der Waals surface area contributed by atoms with Crippen molar-refractivity contribution in [3.05, 3.63) is 93.4 Å². The van der Waals surface area contributed by atoms with Gasteiger partial charge in [-0.05, 0) is 11.6 Å². The summed E-state index contributed by atoms with van der Waals surface area (Å²) in [5.74, 6) is 0.256. The van der Waals surface area contributed by atoms with E-state index in [4.69, 9.17) is 21.1 Å². The Labute approximate surface area is 189 Å². The van der Waals surface area contributed by atoms with Gasteiger partial charge in [-0.2, -0.15) is 5.10 Å². The molecule has 0 fully saturated rings. The smallest absolute Gasteiger partial charge is 0.276 e. The number of aromatic nitrogens is 2. The van der Waals surface area contributed by atoms with Crippen LogP contribution in [-0.2, 0) is 6.54 Å². The van der Waals surface area contributed by atoms with Gasteiger partial charge in [-0.1, -0.05) is 60.1 Å². The molecule has 0 unspecified atom stereocenters. The third kappa shape index (κ3) is 4.15. The van der Waals surface area contributed by atoms with Crippen LogP contribution in [0.4, 0.5) is 5.69 Å². The minimum absolute atomic E-state index is 0.118. The van der Waals surface area contributed by atoms with Gasteiger partial charge in [0.25, 0.3) is 11.5 Å². The highest BCUT2D eigenvalue weighted by molar-refractivity contribution is 6.32. The number of carbonyl (C=O) groups is 1. The van der Waals surface area contributed by atoms with E-state index >= 15 is 0 Å². The third-order valence-corrected chi connectivity index (χ3v) is 5.28. The predicted molar refractivity (Wildman–Crippen MR) is 124 cm³/mol. The SMILES string of the molecule is COc1cc(NC(=O)c2nn(Cc3ccccc3)c(=O)c3ccccc23)c(OC)cc1Cl. The van der Waals surface area contributed by atoms with Crippen LogP contribution in [0.2, 0.25) is 5.02 Å². The van der Waals surface area contributed by atoms with E-state index < -0.39 is 5.91 Å². The largest absolute Gasteiger partial charge is 0.495 e. The number of benzene rings is 3. The summed E-state index contributed by atoms with van der Waals surface area (Å²) in [7, 11) is 2.95. The number of rotatable bonds is 6. The number of fused-ring (bicyclic) bond motifs is 1. The number of hydrogen-bond donors (Lipinski definition) is 1. The van der Waals surface area contributed by atoms with E-state index in [0.717, 1.165) is 5.56 Å². The first-order valence-corrected chi connectivity index (χ1v) is 10.2. The fraction of sp³-hybridized carbons (Fsp3) is 0.125. The van der Waals surface area contributed by atoms with Crippen LogP contribution in [0.15, 0.2) is 71.5 Å². The fourth-order valence-corrected chi connectivity index (χ4v) is 3.64. The lowest BCUT2D eigenvalue weighted by Crippen LogP contribution is -2.28. The Morgan fingerprint density at radius 3 is 2.31 bits per heavy atom. The molecular formula is C24H20ClN3O4. The van der Waals surface area contributed by atoms with Gasteiger partial charge in [0.05, 0.1) is 36.9 Å². The summed E-state index contributed by atoms with van der Waals surface area (Å²) in [6.07, 6.45) is 0. The van der Waals surface area contributed by atoms with E-state index in [1.807, 2.05) is 30.3 Å². The third-order valence-electron chi connectivity index (χ3n) is 4.98. The molecule has 1 amide bonds. The molecule has 0 aliphatic heterocycles. The maximum Gasteiger partial charge on any atom is 0.276 e. The molecule has 0 atom stereocenters. The lowest BCUT2D eigenvalue weighted by Gasteiger charge is -2.14. The van der Waals surface area contributed by atoms with Crippen LogP contribution >= 0.6 is 11.6 Å². The van der Waals surface area contributed by atoms with Gasteiger partial charge < -0.3 is 14.8 Å². The van der Waals surface area contributed by atoms with E-state index in [2.05, 4.69) is 10.4 Å². The van der Waals surface area contributed by atoms with E-state index in [-0.39, 0.29) is 17.8 Å². The molecule has 162 valence electrons. The number of hydrogen-bond acceptors (Lipinski definition) is 5. The zero-order chi connectivity index (χ0) is 22.7. The lowest BCUT2D eigenvalue weighted by atomic mass is 10.1. The van der Waals surface area contributed by atoms with Crippen LogP contribution in [-0.4, -0.2) is 29.9 Å². The molecule has 0 spiro atoms. The van der Waals surface area contributed by atoms with Crippen LogP contribution < -0.4 is 20.3 Å². The van der Waals surface area contributed by atoms with E-state index in [0.29, 0.717) is 33.0 Å². The number of halogens is 1. The topological polar surface area (TPSA) is 82.5 Å². The first-order valence-electron chi connectivity index (χ1n) is 9.78. The fourth-order valence-electron chi connectivity index (χ4n) is 3.41. The summed E-state index contributed by atoms with van der Waals surface area (Å²) < 4.78 is 11.9. The molecule has 8 heteroatoms. The molecule has 0 bridgehead atoms. The predicted octanol–water partition coefficient (Wildman–Crippen LogP) is 4.37. The van der Waals surface area contributed by atoms with Crippen LogP contribution in [0.25, 0.3) is 10.8 Å². The Morgan fingerprint density at radius 1 is 0.969 bits per heavy atom. The molecule has 0 saturated carbocycles. The van der Waals surface area contributed by atoms with Crippen molar-refractivity contribution in [2.24, 2.45) is 0 Å². The van der Waals surface area contributed by atoms with Gasteiger partial charge >= 0.3 is 0 Å². The number of anilines is 1. The molecule has 4 aromatic rings. The molecule has 0 saturated heterocycles. The van der Waals surface area contributed by atoms with Gasteiger partial charge in [-0.3, -0.25) is 9.59 Å². The lowest BCUT2D eigenvalue weighted by molar-refractivity contribution is 0.102. The van der Waals surface area contributed by atoms with Crippen molar-refractivity contribution < 1.29 is 14.3 Å². The van der Waals surface area contributed by atoms with Gasteiger partial charge in [0.15, 0.2) is 5.69 Å². The molecule has 0 aliphatic rings. The van der Waals surface area contributed by atoms with Crippen LogP contribution in [0.3, 0.4) is 0 Å². The minimum atomic E-state index is -0.495. The number of amides is 1. The Morgan fingerprint density at radius 2 is 1.62 bits per heavy atom. The average Bonchev–Trinajstić information content (AvgIpc) is 2.82. The van der Waals surface area contributed by atoms with Gasteiger partial charge in [-0.15, -0.1) is 0 Å². The van der Waals surface area contributed by atoms with Crippen LogP contribution in [0.1, 0.15) is 16.1 Å². The van der Waals surface area contributed by atoms with Crippen LogP contribution in [0.5, 0.6) is 11.5 Å². The molecule has 32 heavy (non-hydrogen) atoms. The van der Waals surface area contributed by atoms with Crippen molar-refractivity contribution in [3.63, 3.8) is 0 Å². The molecule has 1 heterocycles. The Bertz CT molecular complexity index is 1350. The maximum atomic E-state index is 13.3. The van der Waals surface area contributed by atoms with Crippen molar-refractivity contribution in [2.75, 3.05) is 19.5 Å². The molecule has 4 rings (SSSR count). The number of ether oxygens (including phenoxy) is 2. The van der Waals surface area contributed by atoms with E-state index in [1.165, 1.54) is 18.9 Å². The Balaban J connectivity index is 1.79. The first-order chi connectivity index (χ1) is 15.5. The van der Waals surface area contributed by atoms with Crippen molar-refractivity contribution in [1.29, 1.82) is 0 Å². The van der Waals surface area contributed by atoms with Crippen LogP contribution in [0, 0.1) is 0 Å². The quantitative estimate of drug-likeness (QED) is 0.472. The Hall–Kier alpha value is -3.84. The standard InChI is InChI=1S/C24H20ClN3O4/c1-31-20-13-19(21(32-2)12-18(20)25)26-23(29)22-16-10-6-7-11-17(16)24(30)28(27-22)14-15-8-4-3-5-9-15/h3-13H,14H2,1-2H3,(H,26,29). The average molecular weight is 450 g/mol. The summed E-state index contributed by atoms with van der Waals surface area (Å²) in [6, 6.07) is 19.5. The van der Waals surface area contributed by atoms with Gasteiger partial charge in [0.2, 0.25) is 0 Å². The number of nitrogens with one attached hydrogen (secondary N) is 1. The molecule has 1 N–H and O–H groups in total. The van der Waals surface area contributed by atoms with E-state index in [9.17, 15) is 9.59 Å². The zero-order valence-electron chi connectivity index (χ0n) is 17.5. The van der Waals surface area contributed by atoms with Crippen molar-refractivity contribution >= 4 is 34.0 Å². The molecular weight excluding hydrogens is 430 g/mol. The second-order valence-electron chi connectivity index (χ2n) is 6.98. The molecule has 0 aliphatic carbocycles. The second kappa shape index (κ2) is 9.11. The molecule has 3 aromatic carbocycles. The number of carbonyl (C=O) groups excluding carboxylic acids is 1. The van der Waals surface area contributed by atoms with Gasteiger partial charge in [0, 0.05) is 17.5 Å². The normalized spacial score (nSPS) is 10.7. The van der Waals surface area contributed by atoms with E-state index in [1.54, 1.807) is 36.4 Å². The first kappa shape index (κ1) is 21.4. The minimum Gasteiger partial charge on any atom is -0.495 e. The molecule has 7 nitrogen and oxygen atoms in total. The second-order valence-corrected chi connectivity index (χ2v) is 7.39. The number of methoxy groups -OCH3 is 2. The zero-order valence-corrected chi connectivity index (χ0v) is 18.2. The number of nitrogens with zero attached hydrogens (tertiary/aromatic N) is 2.